The average molecular weight is 364 g/mol. The molecular formula is C19H29N3O2S. The predicted octanol–water partition coefficient (Wildman–Crippen LogP) is 3.40. The molecule has 2 atom stereocenters. The van der Waals surface area contributed by atoms with Crippen molar-refractivity contribution in [2.24, 2.45) is 0 Å². The Hall–Kier alpha value is -1.69. The van der Waals surface area contributed by atoms with Crippen molar-refractivity contribution in [1.82, 2.24) is 15.1 Å². The van der Waals surface area contributed by atoms with E-state index in [1.165, 1.54) is 11.1 Å². The fourth-order valence-electron chi connectivity index (χ4n) is 2.98. The number of nitrogens with one attached hydrogen (secondary N) is 1. The van der Waals surface area contributed by atoms with Crippen molar-refractivity contribution >= 4 is 23.7 Å². The van der Waals surface area contributed by atoms with Crippen LogP contribution < -0.4 is 5.32 Å². The van der Waals surface area contributed by atoms with Crippen LogP contribution in [0.25, 0.3) is 0 Å². The Bertz CT molecular complexity index is 620. The molecule has 1 saturated heterocycles. The molecule has 138 valence electrons. The Kier molecular flexibility index (Phi) is 6.76. The summed E-state index contributed by atoms with van der Waals surface area (Å²) in [4.78, 5) is 28.6. The van der Waals surface area contributed by atoms with Crippen LogP contribution in [-0.4, -0.2) is 52.7 Å². The maximum absolute atomic E-state index is 12.6. The second-order valence-corrected chi connectivity index (χ2v) is 8.13. The van der Waals surface area contributed by atoms with E-state index in [1.54, 1.807) is 16.7 Å². The molecule has 25 heavy (non-hydrogen) atoms. The van der Waals surface area contributed by atoms with Crippen LogP contribution in [0.3, 0.4) is 0 Å². The van der Waals surface area contributed by atoms with E-state index in [9.17, 15) is 9.59 Å². The Labute approximate surface area is 155 Å². The van der Waals surface area contributed by atoms with Crippen molar-refractivity contribution < 1.29 is 9.59 Å². The van der Waals surface area contributed by atoms with E-state index < -0.39 is 0 Å². The summed E-state index contributed by atoms with van der Waals surface area (Å²) in [6.07, 6.45) is 0. The largest absolute Gasteiger partial charge is 0.336 e. The molecule has 1 N–H and O–H groups in total. The molecule has 0 unspecified atom stereocenters. The minimum atomic E-state index is -0.0720. The lowest BCUT2D eigenvalue weighted by Gasteiger charge is -2.29. The third-order valence-corrected chi connectivity index (χ3v) is 5.77. The first-order chi connectivity index (χ1) is 11.8. The number of amides is 3. The highest BCUT2D eigenvalue weighted by atomic mass is 32.2. The van der Waals surface area contributed by atoms with Gasteiger partial charge in [-0.2, -0.15) is 0 Å². The quantitative estimate of drug-likeness (QED) is 0.843. The van der Waals surface area contributed by atoms with Gasteiger partial charge in [-0.15, -0.1) is 11.8 Å². The number of nitrogens with zero attached hydrogens (tertiary/aromatic N) is 2. The van der Waals surface area contributed by atoms with Crippen molar-refractivity contribution in [2.75, 3.05) is 19.6 Å². The van der Waals surface area contributed by atoms with Gasteiger partial charge in [-0.05, 0) is 45.7 Å². The van der Waals surface area contributed by atoms with Crippen molar-refractivity contribution in [2.45, 2.75) is 51.3 Å². The molecule has 2 rings (SSSR count). The number of aryl methyl sites for hydroxylation is 1. The second-order valence-electron chi connectivity index (χ2n) is 6.70. The summed E-state index contributed by atoms with van der Waals surface area (Å²) >= 11 is 1.68. The first-order valence-electron chi connectivity index (χ1n) is 8.92. The van der Waals surface area contributed by atoms with Gasteiger partial charge in [-0.1, -0.05) is 24.3 Å². The third kappa shape index (κ3) is 4.69. The zero-order chi connectivity index (χ0) is 18.6. The predicted molar refractivity (Wildman–Crippen MR) is 104 cm³/mol. The fraction of sp³-hybridized carbons (Fsp3) is 0.579. The number of rotatable bonds is 6. The van der Waals surface area contributed by atoms with Crippen molar-refractivity contribution in [3.8, 4) is 0 Å². The standard InChI is InChI=1S/C19H29N3O2S/c1-6-21(19(24)20-13(2)3)11-12-22-17(23)15(5)25-18(22)16-10-8-7-9-14(16)4/h7-10,13,15,18H,6,11-12H2,1-5H3,(H,20,24)/t15-,18-/m1/s1. The number of hydrogen-bond donors (Lipinski definition) is 1. The Morgan fingerprint density at radius 3 is 2.64 bits per heavy atom. The van der Waals surface area contributed by atoms with Crippen LogP contribution in [-0.2, 0) is 4.79 Å². The van der Waals surface area contributed by atoms with Crippen LogP contribution in [0, 0.1) is 6.92 Å². The molecule has 1 aliphatic heterocycles. The van der Waals surface area contributed by atoms with E-state index in [0.717, 1.165) is 0 Å². The zero-order valence-electron chi connectivity index (χ0n) is 15.8. The topological polar surface area (TPSA) is 52.7 Å². The maximum Gasteiger partial charge on any atom is 0.317 e. The van der Waals surface area contributed by atoms with Crippen LogP contribution in [0.15, 0.2) is 24.3 Å². The van der Waals surface area contributed by atoms with Gasteiger partial charge in [0.1, 0.15) is 5.37 Å². The molecule has 1 aliphatic rings. The highest BCUT2D eigenvalue weighted by Crippen LogP contribution is 2.43. The van der Waals surface area contributed by atoms with E-state index >= 15 is 0 Å². The number of urea groups is 1. The van der Waals surface area contributed by atoms with Crippen LogP contribution in [0.4, 0.5) is 4.79 Å². The van der Waals surface area contributed by atoms with Crippen molar-refractivity contribution in [3.05, 3.63) is 35.4 Å². The molecule has 3 amide bonds. The van der Waals surface area contributed by atoms with E-state index in [2.05, 4.69) is 24.4 Å². The van der Waals surface area contributed by atoms with Crippen LogP contribution in [0.1, 0.15) is 44.2 Å². The van der Waals surface area contributed by atoms with Crippen LogP contribution in [0.2, 0.25) is 0 Å². The summed E-state index contributed by atoms with van der Waals surface area (Å²) in [6, 6.07) is 8.23. The molecule has 0 radical (unpaired) electrons. The molecule has 5 nitrogen and oxygen atoms in total. The lowest BCUT2D eigenvalue weighted by atomic mass is 10.1. The van der Waals surface area contributed by atoms with Gasteiger partial charge in [0.2, 0.25) is 5.91 Å². The highest BCUT2D eigenvalue weighted by Gasteiger charge is 2.38. The normalized spacial score (nSPS) is 20.2. The molecule has 0 saturated carbocycles. The molecule has 0 aromatic heterocycles. The number of carbonyl (C=O) groups is 2. The van der Waals surface area contributed by atoms with Gasteiger partial charge in [0.25, 0.3) is 0 Å². The molecule has 1 aromatic rings. The summed E-state index contributed by atoms with van der Waals surface area (Å²) < 4.78 is 0. The maximum atomic E-state index is 12.6. The van der Waals surface area contributed by atoms with Gasteiger partial charge in [-0.3, -0.25) is 4.79 Å². The van der Waals surface area contributed by atoms with Gasteiger partial charge < -0.3 is 15.1 Å². The fourth-order valence-corrected chi connectivity index (χ4v) is 4.38. The SMILES string of the molecule is CCN(CCN1C(=O)[C@@H](C)S[C@@H]1c1ccccc1C)C(=O)NC(C)C. The third-order valence-electron chi connectivity index (χ3n) is 4.39. The summed E-state index contributed by atoms with van der Waals surface area (Å²) in [5.41, 5.74) is 2.37. The van der Waals surface area contributed by atoms with Gasteiger partial charge in [0, 0.05) is 25.7 Å². The number of carbonyl (C=O) groups excluding carboxylic acids is 2. The number of likely N-dealkylation sites (N-methyl/N-ethyl adjacent to an activating group) is 1. The molecule has 0 spiro atoms. The molecule has 1 aromatic carbocycles. The van der Waals surface area contributed by atoms with Gasteiger partial charge in [0.05, 0.1) is 5.25 Å². The van der Waals surface area contributed by atoms with Crippen LogP contribution >= 0.6 is 11.8 Å². The van der Waals surface area contributed by atoms with Gasteiger partial charge in [-0.25, -0.2) is 4.79 Å². The first kappa shape index (κ1) is 19.6. The van der Waals surface area contributed by atoms with Gasteiger partial charge >= 0.3 is 6.03 Å². The lowest BCUT2D eigenvalue weighted by Crippen LogP contribution is -2.46. The van der Waals surface area contributed by atoms with Crippen molar-refractivity contribution in [3.63, 3.8) is 0 Å². The number of benzene rings is 1. The minimum absolute atomic E-state index is 0.0237. The van der Waals surface area contributed by atoms with E-state index in [0.29, 0.717) is 19.6 Å². The monoisotopic (exact) mass is 363 g/mol. The highest BCUT2D eigenvalue weighted by molar-refractivity contribution is 8.01. The summed E-state index contributed by atoms with van der Waals surface area (Å²) in [6.45, 7) is 11.6. The molecule has 1 fully saturated rings. The Morgan fingerprint density at radius 1 is 1.36 bits per heavy atom. The van der Waals surface area contributed by atoms with E-state index in [-0.39, 0.29) is 28.6 Å². The van der Waals surface area contributed by atoms with Gasteiger partial charge in [0.15, 0.2) is 0 Å². The summed E-state index contributed by atoms with van der Waals surface area (Å²) in [7, 11) is 0. The van der Waals surface area contributed by atoms with Crippen molar-refractivity contribution in [1.29, 1.82) is 0 Å². The Morgan fingerprint density at radius 2 is 2.04 bits per heavy atom. The molecule has 0 aliphatic carbocycles. The molecule has 1 heterocycles. The first-order valence-corrected chi connectivity index (χ1v) is 9.86. The van der Waals surface area contributed by atoms with Crippen LogP contribution in [0.5, 0.6) is 0 Å². The zero-order valence-corrected chi connectivity index (χ0v) is 16.6. The van der Waals surface area contributed by atoms with E-state index in [1.807, 2.05) is 44.7 Å². The molecule has 6 heteroatoms. The minimum Gasteiger partial charge on any atom is -0.336 e. The summed E-state index contributed by atoms with van der Waals surface area (Å²) in [5.74, 6) is 0.151. The second kappa shape index (κ2) is 8.61. The molecular weight excluding hydrogens is 334 g/mol. The lowest BCUT2D eigenvalue weighted by molar-refractivity contribution is -0.129. The molecule has 0 bridgehead atoms. The number of thioether (sulfide) groups is 1. The smallest absolute Gasteiger partial charge is 0.317 e. The number of hydrogen-bond acceptors (Lipinski definition) is 3. The van der Waals surface area contributed by atoms with E-state index in [4.69, 9.17) is 0 Å². The summed E-state index contributed by atoms with van der Waals surface area (Å²) in [5, 5.41) is 2.89. The average Bonchev–Trinajstić information content (AvgIpc) is 2.83. The Balaban J connectivity index is 2.11.